The Bertz CT molecular complexity index is 469. The predicted molar refractivity (Wildman–Crippen MR) is 97.1 cm³/mol. The summed E-state index contributed by atoms with van der Waals surface area (Å²) in [5.74, 6) is 0.813. The molecular weight excluding hydrogens is 292 g/mol. The van der Waals surface area contributed by atoms with Gasteiger partial charge in [-0.15, -0.1) is 0 Å². The molecular formula is C19H30ClN2+. The third-order valence-corrected chi connectivity index (χ3v) is 4.76. The van der Waals surface area contributed by atoms with E-state index in [0.717, 1.165) is 24.0 Å². The van der Waals surface area contributed by atoms with Crippen molar-refractivity contribution in [2.24, 2.45) is 5.92 Å². The van der Waals surface area contributed by atoms with Crippen LogP contribution in [0.5, 0.6) is 0 Å². The Morgan fingerprint density at radius 1 is 1.23 bits per heavy atom. The van der Waals surface area contributed by atoms with Crippen molar-refractivity contribution in [3.63, 3.8) is 0 Å². The van der Waals surface area contributed by atoms with Crippen molar-refractivity contribution >= 4 is 17.3 Å². The minimum absolute atomic E-state index is 0.813. The Morgan fingerprint density at radius 3 is 2.45 bits per heavy atom. The highest BCUT2D eigenvalue weighted by molar-refractivity contribution is 6.30. The van der Waals surface area contributed by atoms with Crippen LogP contribution >= 0.6 is 11.6 Å². The highest BCUT2D eigenvalue weighted by atomic mass is 35.5. The molecule has 1 aromatic carbocycles. The van der Waals surface area contributed by atoms with Crippen LogP contribution in [0.15, 0.2) is 35.9 Å². The van der Waals surface area contributed by atoms with Gasteiger partial charge in [0.05, 0.1) is 32.7 Å². The Kier molecular flexibility index (Phi) is 6.78. The summed E-state index contributed by atoms with van der Waals surface area (Å²) in [6.07, 6.45) is 4.91. The van der Waals surface area contributed by atoms with Crippen molar-refractivity contribution in [3.05, 3.63) is 40.9 Å². The largest absolute Gasteiger partial charge is 0.360 e. The van der Waals surface area contributed by atoms with Gasteiger partial charge in [-0.05, 0) is 51.0 Å². The Morgan fingerprint density at radius 2 is 1.86 bits per heavy atom. The molecule has 0 spiro atoms. The lowest BCUT2D eigenvalue weighted by molar-refractivity contribution is -0.903. The number of piperazine rings is 1. The molecule has 1 aromatic rings. The van der Waals surface area contributed by atoms with E-state index in [4.69, 9.17) is 11.6 Å². The highest BCUT2D eigenvalue weighted by Crippen LogP contribution is 2.17. The van der Waals surface area contributed by atoms with Crippen LogP contribution in [-0.2, 0) is 0 Å². The van der Waals surface area contributed by atoms with Crippen LogP contribution in [0, 0.1) is 5.92 Å². The third-order valence-electron chi connectivity index (χ3n) is 4.51. The maximum absolute atomic E-state index is 5.97. The van der Waals surface area contributed by atoms with Gasteiger partial charge in [0, 0.05) is 16.6 Å². The number of hydrogen-bond donors (Lipinski definition) is 1. The zero-order chi connectivity index (χ0) is 15.9. The minimum Gasteiger partial charge on any atom is -0.360 e. The normalized spacial score (nSPS) is 17.4. The molecule has 0 aromatic heterocycles. The lowest BCUT2D eigenvalue weighted by Crippen LogP contribution is -3.15. The number of allylic oxidation sites excluding steroid dienone is 2. The van der Waals surface area contributed by atoms with Crippen LogP contribution in [0.4, 0.5) is 5.69 Å². The molecule has 1 aliphatic rings. The van der Waals surface area contributed by atoms with Crippen LogP contribution in [0.2, 0.25) is 5.02 Å². The van der Waals surface area contributed by atoms with Crippen molar-refractivity contribution in [2.75, 3.05) is 37.6 Å². The highest BCUT2D eigenvalue weighted by Gasteiger charge is 2.21. The summed E-state index contributed by atoms with van der Waals surface area (Å²) in [6.45, 7) is 12.9. The Hall–Kier alpha value is -0.990. The van der Waals surface area contributed by atoms with Gasteiger partial charge in [-0.3, -0.25) is 0 Å². The number of rotatable bonds is 6. The maximum atomic E-state index is 5.97. The summed E-state index contributed by atoms with van der Waals surface area (Å²) in [6, 6.07) is 8.24. The van der Waals surface area contributed by atoms with Gasteiger partial charge in [-0.2, -0.15) is 0 Å². The zero-order valence-electron chi connectivity index (χ0n) is 14.2. The minimum atomic E-state index is 0.813. The third kappa shape index (κ3) is 5.66. The fourth-order valence-corrected chi connectivity index (χ4v) is 3.31. The van der Waals surface area contributed by atoms with Crippen LogP contribution < -0.4 is 9.80 Å². The summed E-state index contributed by atoms with van der Waals surface area (Å²) >= 11 is 5.97. The molecule has 2 nitrogen and oxygen atoms in total. The van der Waals surface area contributed by atoms with E-state index in [-0.39, 0.29) is 0 Å². The molecule has 22 heavy (non-hydrogen) atoms. The van der Waals surface area contributed by atoms with Gasteiger partial charge in [0.2, 0.25) is 0 Å². The van der Waals surface area contributed by atoms with Gasteiger partial charge in [0.1, 0.15) is 0 Å². The molecule has 1 heterocycles. The molecule has 0 saturated carbocycles. The number of nitrogens with zero attached hydrogens (tertiary/aromatic N) is 1. The summed E-state index contributed by atoms with van der Waals surface area (Å²) in [5, 5.41) is 0.818. The molecule has 3 heteroatoms. The first-order valence-corrected chi connectivity index (χ1v) is 8.90. The van der Waals surface area contributed by atoms with Crippen molar-refractivity contribution in [2.45, 2.75) is 33.6 Å². The van der Waals surface area contributed by atoms with E-state index in [1.54, 1.807) is 4.90 Å². The fourth-order valence-electron chi connectivity index (χ4n) is 3.19. The standard InChI is InChI=1S/C19H29ClN2/c1-16(2)5-4-6-17(3)15-21-11-13-22(14-12-21)19-9-7-18(20)8-10-19/h5,7-10,17H,4,6,11-15H2,1-3H3/p+1/t17-/m1/s1. The second-order valence-corrected chi connectivity index (χ2v) is 7.32. The molecule has 0 aliphatic carbocycles. The molecule has 1 fully saturated rings. The van der Waals surface area contributed by atoms with E-state index in [1.165, 1.54) is 43.7 Å². The molecule has 0 amide bonds. The lowest BCUT2D eigenvalue weighted by Gasteiger charge is -2.34. The van der Waals surface area contributed by atoms with E-state index in [9.17, 15) is 0 Å². The predicted octanol–water partition coefficient (Wildman–Crippen LogP) is 3.43. The first-order chi connectivity index (χ1) is 10.5. The average Bonchev–Trinajstić information content (AvgIpc) is 2.48. The van der Waals surface area contributed by atoms with Gasteiger partial charge in [0.15, 0.2) is 0 Å². The quantitative estimate of drug-likeness (QED) is 0.789. The first kappa shape index (κ1) is 17.4. The van der Waals surface area contributed by atoms with Gasteiger partial charge in [-0.1, -0.05) is 30.2 Å². The molecule has 1 atom stereocenters. The van der Waals surface area contributed by atoms with Gasteiger partial charge in [-0.25, -0.2) is 0 Å². The second-order valence-electron chi connectivity index (χ2n) is 6.88. The van der Waals surface area contributed by atoms with Gasteiger partial charge < -0.3 is 9.80 Å². The number of halogens is 1. The van der Waals surface area contributed by atoms with Crippen LogP contribution in [-0.4, -0.2) is 32.7 Å². The smallest absolute Gasteiger partial charge is 0.0949 e. The number of benzene rings is 1. The van der Waals surface area contributed by atoms with Crippen molar-refractivity contribution in [3.8, 4) is 0 Å². The average molecular weight is 322 g/mol. The van der Waals surface area contributed by atoms with E-state index in [2.05, 4.69) is 43.9 Å². The fraction of sp³-hybridized carbons (Fsp3) is 0.579. The molecule has 0 bridgehead atoms. The van der Waals surface area contributed by atoms with Crippen LogP contribution in [0.25, 0.3) is 0 Å². The topological polar surface area (TPSA) is 7.68 Å². The molecule has 2 rings (SSSR count). The number of anilines is 1. The van der Waals surface area contributed by atoms with E-state index < -0.39 is 0 Å². The first-order valence-electron chi connectivity index (χ1n) is 8.52. The molecule has 1 saturated heterocycles. The SMILES string of the molecule is CC(C)=CCC[C@@H](C)C[NH+]1CCN(c2ccc(Cl)cc2)CC1. The van der Waals surface area contributed by atoms with Crippen LogP contribution in [0.3, 0.4) is 0 Å². The number of hydrogen-bond acceptors (Lipinski definition) is 1. The summed E-state index contributed by atoms with van der Waals surface area (Å²) in [5.41, 5.74) is 2.75. The van der Waals surface area contributed by atoms with E-state index >= 15 is 0 Å². The van der Waals surface area contributed by atoms with Crippen molar-refractivity contribution < 1.29 is 4.90 Å². The molecule has 122 valence electrons. The summed E-state index contributed by atoms with van der Waals surface area (Å²) < 4.78 is 0. The maximum Gasteiger partial charge on any atom is 0.0949 e. The lowest BCUT2D eigenvalue weighted by atomic mass is 10.0. The molecule has 0 unspecified atom stereocenters. The summed E-state index contributed by atoms with van der Waals surface area (Å²) in [7, 11) is 0. The monoisotopic (exact) mass is 321 g/mol. The van der Waals surface area contributed by atoms with Crippen LogP contribution in [0.1, 0.15) is 33.6 Å². The van der Waals surface area contributed by atoms with Gasteiger partial charge >= 0.3 is 0 Å². The molecule has 1 aliphatic heterocycles. The summed E-state index contributed by atoms with van der Waals surface area (Å²) in [4.78, 5) is 4.24. The zero-order valence-corrected chi connectivity index (χ0v) is 15.0. The molecule has 0 radical (unpaired) electrons. The number of quaternary nitrogens is 1. The van der Waals surface area contributed by atoms with E-state index in [1.807, 2.05) is 12.1 Å². The van der Waals surface area contributed by atoms with E-state index in [0.29, 0.717) is 0 Å². The van der Waals surface area contributed by atoms with Gasteiger partial charge in [0.25, 0.3) is 0 Å². The Balaban J connectivity index is 1.72. The van der Waals surface area contributed by atoms with Crippen molar-refractivity contribution in [1.82, 2.24) is 0 Å². The second kappa shape index (κ2) is 8.59. The molecule has 1 N–H and O–H groups in total. The number of nitrogens with one attached hydrogen (secondary N) is 1. The van der Waals surface area contributed by atoms with Crippen molar-refractivity contribution in [1.29, 1.82) is 0 Å². The Labute approximate surface area is 140 Å².